The second-order valence-corrected chi connectivity index (χ2v) is 4.78. The van der Waals surface area contributed by atoms with Crippen molar-refractivity contribution in [1.82, 2.24) is 4.90 Å². The summed E-state index contributed by atoms with van der Waals surface area (Å²) < 4.78 is 9.77. The van der Waals surface area contributed by atoms with Crippen molar-refractivity contribution in [2.45, 2.75) is 13.0 Å². The smallest absolute Gasteiger partial charge is 0.410 e. The molecular formula is C15H18ClNO5. The predicted molar refractivity (Wildman–Crippen MR) is 80.6 cm³/mol. The van der Waals surface area contributed by atoms with E-state index >= 15 is 0 Å². The molecule has 1 aliphatic rings. The van der Waals surface area contributed by atoms with Crippen LogP contribution in [0.15, 0.2) is 30.3 Å². The summed E-state index contributed by atoms with van der Waals surface area (Å²) in [4.78, 5) is 36.5. The number of amides is 1. The highest BCUT2D eigenvalue weighted by molar-refractivity contribution is 6.00. The molecule has 22 heavy (non-hydrogen) atoms. The molecule has 7 heteroatoms. The van der Waals surface area contributed by atoms with Gasteiger partial charge < -0.3 is 14.4 Å². The van der Waals surface area contributed by atoms with Crippen LogP contribution in [0.4, 0.5) is 4.79 Å². The fourth-order valence-corrected chi connectivity index (χ4v) is 2.16. The van der Waals surface area contributed by atoms with Gasteiger partial charge in [-0.25, -0.2) is 4.79 Å². The second-order valence-electron chi connectivity index (χ2n) is 4.78. The minimum absolute atomic E-state index is 0. The van der Waals surface area contributed by atoms with E-state index < -0.39 is 18.0 Å². The lowest BCUT2D eigenvalue weighted by Gasteiger charge is -2.29. The normalized spacial score (nSPS) is 17.4. The fraction of sp³-hybridized carbons (Fsp3) is 0.400. The summed E-state index contributed by atoms with van der Waals surface area (Å²) in [5.74, 6) is -1.72. The standard InChI is InChI=1S/C15H17NO5.ClH/c1-20-14(18)12-9-16(8-7-13(12)17)15(19)21-10-11-5-3-2-4-6-11;/h2-6,12H,7-10H2,1H3;1H. The van der Waals surface area contributed by atoms with Gasteiger partial charge in [-0.15, -0.1) is 12.4 Å². The Balaban J connectivity index is 0.00000242. The van der Waals surface area contributed by atoms with Gasteiger partial charge in [0.2, 0.25) is 0 Å². The van der Waals surface area contributed by atoms with Gasteiger partial charge in [0.05, 0.1) is 7.11 Å². The molecule has 1 aromatic carbocycles. The lowest BCUT2D eigenvalue weighted by atomic mass is 9.97. The number of hydrogen-bond acceptors (Lipinski definition) is 5. The van der Waals surface area contributed by atoms with Gasteiger partial charge in [-0.05, 0) is 5.56 Å². The first-order chi connectivity index (χ1) is 10.1. The van der Waals surface area contributed by atoms with Gasteiger partial charge in [0, 0.05) is 19.5 Å². The number of methoxy groups -OCH3 is 1. The molecule has 0 radical (unpaired) electrons. The molecule has 1 fully saturated rings. The number of carbonyl (C=O) groups excluding carboxylic acids is 3. The van der Waals surface area contributed by atoms with E-state index in [-0.39, 0.29) is 44.3 Å². The summed E-state index contributed by atoms with van der Waals surface area (Å²) in [5.41, 5.74) is 0.878. The molecule has 1 aliphatic heterocycles. The van der Waals surface area contributed by atoms with Crippen LogP contribution in [0.1, 0.15) is 12.0 Å². The number of benzene rings is 1. The highest BCUT2D eigenvalue weighted by Crippen LogP contribution is 2.16. The number of likely N-dealkylation sites (tertiary alicyclic amines) is 1. The Morgan fingerprint density at radius 1 is 1.27 bits per heavy atom. The van der Waals surface area contributed by atoms with Gasteiger partial charge in [-0.3, -0.25) is 9.59 Å². The zero-order valence-electron chi connectivity index (χ0n) is 12.2. The van der Waals surface area contributed by atoms with E-state index in [1.165, 1.54) is 12.0 Å². The van der Waals surface area contributed by atoms with Crippen LogP contribution in [0.2, 0.25) is 0 Å². The van der Waals surface area contributed by atoms with Gasteiger partial charge in [0.25, 0.3) is 0 Å². The molecule has 120 valence electrons. The van der Waals surface area contributed by atoms with E-state index in [4.69, 9.17) is 4.74 Å². The minimum atomic E-state index is -0.909. The molecule has 0 spiro atoms. The SMILES string of the molecule is COC(=O)C1CN(C(=O)OCc2ccccc2)CCC1=O.Cl. The molecule has 1 aromatic rings. The first-order valence-electron chi connectivity index (χ1n) is 6.68. The van der Waals surface area contributed by atoms with Crippen molar-refractivity contribution in [2.24, 2.45) is 5.92 Å². The topological polar surface area (TPSA) is 72.9 Å². The Morgan fingerprint density at radius 3 is 2.59 bits per heavy atom. The lowest BCUT2D eigenvalue weighted by molar-refractivity contribution is -0.151. The molecule has 0 bridgehead atoms. The molecule has 0 saturated carbocycles. The quantitative estimate of drug-likeness (QED) is 0.625. The first-order valence-corrected chi connectivity index (χ1v) is 6.68. The third-order valence-electron chi connectivity index (χ3n) is 3.37. The summed E-state index contributed by atoms with van der Waals surface area (Å²) >= 11 is 0. The van der Waals surface area contributed by atoms with E-state index in [9.17, 15) is 14.4 Å². The minimum Gasteiger partial charge on any atom is -0.468 e. The first kappa shape index (κ1) is 18.0. The van der Waals surface area contributed by atoms with Crippen LogP contribution in [0, 0.1) is 5.92 Å². The summed E-state index contributed by atoms with van der Waals surface area (Å²) in [6.45, 7) is 0.437. The van der Waals surface area contributed by atoms with Crippen molar-refractivity contribution in [1.29, 1.82) is 0 Å². The average Bonchev–Trinajstić information content (AvgIpc) is 2.53. The zero-order valence-corrected chi connectivity index (χ0v) is 13.0. The maximum atomic E-state index is 12.0. The fourth-order valence-electron chi connectivity index (χ4n) is 2.16. The van der Waals surface area contributed by atoms with Crippen LogP contribution >= 0.6 is 12.4 Å². The van der Waals surface area contributed by atoms with Crippen LogP contribution in [0.3, 0.4) is 0 Å². The number of carbonyl (C=O) groups is 3. The molecule has 1 saturated heterocycles. The monoisotopic (exact) mass is 327 g/mol. The molecule has 0 N–H and O–H groups in total. The average molecular weight is 328 g/mol. The third kappa shape index (κ3) is 4.46. The number of ketones is 1. The van der Waals surface area contributed by atoms with E-state index in [2.05, 4.69) is 4.74 Å². The number of halogens is 1. The molecule has 1 heterocycles. The van der Waals surface area contributed by atoms with Gasteiger partial charge >= 0.3 is 12.1 Å². The second kappa shape index (κ2) is 8.38. The summed E-state index contributed by atoms with van der Waals surface area (Å²) in [5, 5.41) is 0. The molecule has 0 aromatic heterocycles. The highest BCUT2D eigenvalue weighted by atomic mass is 35.5. The lowest BCUT2D eigenvalue weighted by Crippen LogP contribution is -2.47. The molecule has 1 amide bonds. The maximum Gasteiger partial charge on any atom is 0.410 e. The van der Waals surface area contributed by atoms with Crippen LogP contribution in [-0.4, -0.2) is 42.9 Å². The Hall–Kier alpha value is -2.08. The third-order valence-corrected chi connectivity index (χ3v) is 3.37. The summed E-state index contributed by atoms with van der Waals surface area (Å²) in [6.07, 6.45) is -0.388. The van der Waals surface area contributed by atoms with E-state index in [1.807, 2.05) is 30.3 Å². The van der Waals surface area contributed by atoms with Crippen molar-refractivity contribution in [3.8, 4) is 0 Å². The van der Waals surface area contributed by atoms with E-state index in [0.29, 0.717) is 0 Å². The van der Waals surface area contributed by atoms with E-state index in [1.54, 1.807) is 0 Å². The largest absolute Gasteiger partial charge is 0.468 e. The summed E-state index contributed by atoms with van der Waals surface area (Å²) in [6, 6.07) is 9.29. The Bertz CT molecular complexity index is 526. The summed E-state index contributed by atoms with van der Waals surface area (Å²) in [7, 11) is 1.22. The Kier molecular flexibility index (Phi) is 6.85. The predicted octanol–water partition coefficient (Wildman–Crippen LogP) is 1.81. The van der Waals surface area contributed by atoms with Crippen molar-refractivity contribution in [3.05, 3.63) is 35.9 Å². The number of rotatable bonds is 3. The van der Waals surface area contributed by atoms with Crippen molar-refractivity contribution >= 4 is 30.3 Å². The van der Waals surface area contributed by atoms with Gasteiger partial charge in [-0.2, -0.15) is 0 Å². The number of Topliss-reactive ketones (excluding diaryl/α,β-unsaturated/α-hetero) is 1. The maximum absolute atomic E-state index is 12.0. The molecular weight excluding hydrogens is 310 g/mol. The number of piperidine rings is 1. The van der Waals surface area contributed by atoms with Crippen molar-refractivity contribution < 1.29 is 23.9 Å². The molecule has 1 atom stereocenters. The Morgan fingerprint density at radius 2 is 1.95 bits per heavy atom. The number of esters is 1. The van der Waals surface area contributed by atoms with Crippen LogP contribution in [-0.2, 0) is 25.7 Å². The van der Waals surface area contributed by atoms with Crippen LogP contribution < -0.4 is 0 Å². The van der Waals surface area contributed by atoms with E-state index in [0.717, 1.165) is 5.56 Å². The van der Waals surface area contributed by atoms with Gasteiger partial charge in [-0.1, -0.05) is 30.3 Å². The van der Waals surface area contributed by atoms with Gasteiger partial charge in [0.15, 0.2) is 5.78 Å². The van der Waals surface area contributed by atoms with Crippen LogP contribution in [0.25, 0.3) is 0 Å². The molecule has 6 nitrogen and oxygen atoms in total. The number of nitrogens with zero attached hydrogens (tertiary/aromatic N) is 1. The van der Waals surface area contributed by atoms with Crippen LogP contribution in [0.5, 0.6) is 0 Å². The van der Waals surface area contributed by atoms with Gasteiger partial charge in [0.1, 0.15) is 12.5 Å². The molecule has 2 rings (SSSR count). The van der Waals surface area contributed by atoms with Crippen molar-refractivity contribution in [3.63, 3.8) is 0 Å². The highest BCUT2D eigenvalue weighted by Gasteiger charge is 2.36. The Labute approximate surface area is 134 Å². The number of hydrogen-bond donors (Lipinski definition) is 0. The molecule has 1 unspecified atom stereocenters. The number of ether oxygens (including phenoxy) is 2. The van der Waals surface area contributed by atoms with Crippen molar-refractivity contribution in [2.75, 3.05) is 20.2 Å². The molecule has 0 aliphatic carbocycles. The zero-order chi connectivity index (χ0) is 15.2.